The normalized spacial score (nSPS) is 22.1. The van der Waals surface area contributed by atoms with Crippen LogP contribution in [0.4, 0.5) is 0 Å². The Hall–Kier alpha value is -14.3. The number of aryl methyl sites for hydroxylation is 5. The van der Waals surface area contributed by atoms with Crippen molar-refractivity contribution < 1.29 is 105 Å². The first-order valence-electron chi connectivity index (χ1n) is 37.8. The highest BCUT2D eigenvalue weighted by molar-refractivity contribution is 6.26. The predicted molar refractivity (Wildman–Crippen MR) is 405 cm³/mol. The minimum absolute atomic E-state index is 0.0692. The molecule has 6 atom stereocenters. The van der Waals surface area contributed by atoms with Crippen molar-refractivity contribution in [2.75, 3.05) is 7.11 Å². The van der Waals surface area contributed by atoms with Gasteiger partial charge in [0.15, 0.2) is 0 Å². The first-order chi connectivity index (χ1) is 56.2. The number of rotatable bonds is 7. The number of amides is 21. The molecule has 12 aliphatic heterocycles. The van der Waals surface area contributed by atoms with Crippen molar-refractivity contribution in [3.05, 3.63) is 198 Å². The molecule has 0 bridgehead atoms. The van der Waals surface area contributed by atoms with Crippen molar-refractivity contribution in [2.24, 2.45) is 0 Å². The second-order valence-electron chi connectivity index (χ2n) is 29.7. The van der Waals surface area contributed by atoms with Crippen molar-refractivity contribution in [3.8, 4) is 5.75 Å². The molecular formula is C83H77N13O22. The first kappa shape index (κ1) is 81.7. The van der Waals surface area contributed by atoms with Crippen LogP contribution < -0.4 is 36.6 Å². The number of hydrogen-bond acceptors (Lipinski definition) is 23. The largest absolute Gasteiger partial charge is 0.497 e. The topological polar surface area (TPSA) is 472 Å². The Morgan fingerprint density at radius 2 is 0.695 bits per heavy atom. The number of carbonyl (C=O) groups excluding carboxylic acids is 21. The highest BCUT2D eigenvalue weighted by Gasteiger charge is 2.50. The van der Waals surface area contributed by atoms with Gasteiger partial charge in [-0.1, -0.05) is 59.7 Å². The predicted octanol–water partition coefficient (Wildman–Crippen LogP) is 2.55. The molecule has 18 rings (SSSR count). The van der Waals surface area contributed by atoms with Gasteiger partial charge in [0, 0.05) is 80.5 Å². The molecule has 5 aromatic carbocycles. The van der Waals surface area contributed by atoms with Crippen LogP contribution in [0.3, 0.4) is 0 Å². The van der Waals surface area contributed by atoms with E-state index in [2.05, 4.69) is 36.9 Å². The standard InChI is InChI=1S/C14H14N2O4.2C14H12N2O4.2C14H14N2O3.C13H11N3O4/c1-20-9-3-2-8-7-16(14(19)10(8)6-9)11-4-5-12(17)15-13(11)18;1-7-2-3-8-9(6-7)14(20)16(13(8)19)10-4-5-11(17)15-12(10)18;1-7-3-2-4-8-11(7)14(20)16(13(8)19)9-5-6-10(17)15-12(9)18;1-8-2-3-10-9(6-8)7-16(14(10)19)11-4-5-12(17)15-13(11)18;1-8-3-2-4-9-10(8)7-16(14(9)19)11-5-6-12(17)15-13(11)18;1-6-2-3-7-10(14-6)13(20)16(12(7)19)8-4-5-9(17)15-11(8)18/h2-3,6,11H,4-5,7H2,1H3,(H,15,17,18);2-3,6,10H,4-5H2,1H3,(H,15,17,18);2-4,9H,5-6H2,1H3,(H,15,17,18);2-3,6,11H,4-5,7H2,1H3,(H,15,17,18);2-4,11H,5-7H2,1H3,(H,15,17,18);2-3,8H,4-5H2,1H3,(H,15,17,18). The number of methoxy groups -OCH3 is 1. The highest BCUT2D eigenvalue weighted by atomic mass is 16.5. The summed E-state index contributed by atoms with van der Waals surface area (Å²) in [6.45, 7) is 10.5. The zero-order valence-corrected chi connectivity index (χ0v) is 64.5. The Kier molecular flexibility index (Phi) is 23.0. The molecule has 13 heterocycles. The van der Waals surface area contributed by atoms with E-state index in [1.807, 2.05) is 51.1 Å². The quantitative estimate of drug-likeness (QED) is 0.125. The fraction of sp³-hybridized carbons (Fsp3) is 0.325. The molecule has 6 saturated heterocycles. The Labute approximate surface area is 671 Å². The van der Waals surface area contributed by atoms with Crippen LogP contribution in [0.1, 0.15) is 215 Å². The molecular weight excluding hydrogens is 1530 g/mol. The zero-order chi connectivity index (χ0) is 84.7. The molecule has 0 aliphatic carbocycles. The van der Waals surface area contributed by atoms with Gasteiger partial charge in [0.1, 0.15) is 47.7 Å². The summed E-state index contributed by atoms with van der Waals surface area (Å²) < 4.78 is 5.11. The first-order valence-corrected chi connectivity index (χ1v) is 37.8. The van der Waals surface area contributed by atoms with Crippen LogP contribution >= 0.6 is 0 Å². The van der Waals surface area contributed by atoms with Gasteiger partial charge in [-0.2, -0.15) is 0 Å². The number of fused-ring (bicyclic) bond motifs is 6. The van der Waals surface area contributed by atoms with Crippen molar-refractivity contribution in [3.63, 3.8) is 0 Å². The number of carbonyl (C=O) groups is 21. The minimum Gasteiger partial charge on any atom is -0.497 e. The molecule has 1 aromatic heterocycles. The molecule has 6 aromatic rings. The molecule has 35 nitrogen and oxygen atoms in total. The second kappa shape index (κ2) is 33.3. The van der Waals surface area contributed by atoms with Crippen molar-refractivity contribution in [1.82, 2.24) is 66.3 Å². The van der Waals surface area contributed by atoms with Gasteiger partial charge >= 0.3 is 0 Å². The lowest BCUT2D eigenvalue weighted by Crippen LogP contribution is -2.54. The Bertz CT molecular complexity index is 5390. The van der Waals surface area contributed by atoms with Crippen LogP contribution in [0.2, 0.25) is 0 Å². The van der Waals surface area contributed by atoms with Gasteiger partial charge in [-0.3, -0.25) is 147 Å². The van der Waals surface area contributed by atoms with E-state index in [4.69, 9.17) is 4.74 Å². The van der Waals surface area contributed by atoms with E-state index >= 15 is 0 Å². The summed E-state index contributed by atoms with van der Waals surface area (Å²) in [5, 5.41) is 13.3. The van der Waals surface area contributed by atoms with Crippen LogP contribution in [0.5, 0.6) is 5.75 Å². The van der Waals surface area contributed by atoms with Gasteiger partial charge in [-0.15, -0.1) is 0 Å². The molecule has 0 radical (unpaired) electrons. The average Bonchev–Trinajstić information content (AvgIpc) is 1.63. The lowest BCUT2D eigenvalue weighted by Gasteiger charge is -2.29. The molecule has 12 aliphatic rings. The molecule has 606 valence electrons. The number of hydrogen-bond donors (Lipinski definition) is 6. The number of benzene rings is 5. The van der Waals surface area contributed by atoms with Gasteiger partial charge in [0.2, 0.25) is 70.9 Å². The van der Waals surface area contributed by atoms with Gasteiger partial charge in [-0.05, 0) is 156 Å². The fourth-order valence-electron chi connectivity index (χ4n) is 15.8. The van der Waals surface area contributed by atoms with Gasteiger partial charge in [-0.25, -0.2) is 4.98 Å². The monoisotopic (exact) mass is 1610 g/mol. The van der Waals surface area contributed by atoms with Crippen LogP contribution in [-0.2, 0) is 77.2 Å². The van der Waals surface area contributed by atoms with E-state index in [1.54, 1.807) is 97.5 Å². The number of pyridine rings is 1. The number of piperidine rings is 6. The minimum atomic E-state index is -0.942. The molecule has 118 heavy (non-hydrogen) atoms. The number of nitrogens with one attached hydrogen (secondary N) is 6. The second-order valence-corrected chi connectivity index (χ2v) is 29.7. The maximum Gasteiger partial charge on any atom is 0.280 e. The maximum atomic E-state index is 12.4. The molecule has 35 heteroatoms. The van der Waals surface area contributed by atoms with E-state index in [9.17, 15) is 101 Å². The van der Waals surface area contributed by atoms with E-state index in [1.165, 1.54) is 11.0 Å². The summed E-state index contributed by atoms with van der Waals surface area (Å²) in [7, 11) is 1.54. The maximum absolute atomic E-state index is 12.4. The molecule has 6 N–H and O–H groups in total. The summed E-state index contributed by atoms with van der Waals surface area (Å²) in [6, 6.07) is 25.4. The third kappa shape index (κ3) is 16.0. The number of nitrogens with zero attached hydrogens (tertiary/aromatic N) is 7. The highest BCUT2D eigenvalue weighted by Crippen LogP contribution is 2.36. The van der Waals surface area contributed by atoms with Crippen LogP contribution in [-0.4, -0.2) is 202 Å². The smallest absolute Gasteiger partial charge is 0.280 e. The lowest BCUT2D eigenvalue weighted by atomic mass is 10.0. The van der Waals surface area contributed by atoms with Gasteiger partial charge < -0.3 is 19.4 Å². The SMILES string of the molecule is COc1ccc2c(c1)C(=O)N(C1CCC(=O)NC1=O)C2.Cc1ccc2c(c1)C(=O)N(C1CCC(=O)NC1=O)C2=O.Cc1ccc2c(c1)CN(C1CCC(=O)NC1=O)C2=O.Cc1ccc2c(n1)C(=O)N(C1CCC(=O)NC1=O)C2=O.Cc1cccc2c1C(=O)N(C1CCC(=O)NC1=O)C2=O.Cc1cccc2c1CN(C1CCC(=O)NC1=O)C2=O. The Morgan fingerprint density at radius 3 is 1.17 bits per heavy atom. The van der Waals surface area contributed by atoms with Crippen molar-refractivity contribution >= 4 is 124 Å². The lowest BCUT2D eigenvalue weighted by molar-refractivity contribution is -0.138. The average molecular weight is 1610 g/mol. The zero-order valence-electron chi connectivity index (χ0n) is 64.5. The summed E-state index contributed by atoms with van der Waals surface area (Å²) >= 11 is 0. The van der Waals surface area contributed by atoms with Crippen molar-refractivity contribution in [1.29, 1.82) is 0 Å². The summed E-state index contributed by atoms with van der Waals surface area (Å²) in [4.78, 5) is 260. The number of ether oxygens (including phenoxy) is 1. The number of imide groups is 9. The van der Waals surface area contributed by atoms with Crippen molar-refractivity contribution in [2.45, 2.75) is 168 Å². The molecule has 0 saturated carbocycles. The van der Waals surface area contributed by atoms with E-state index < -0.39 is 101 Å². The van der Waals surface area contributed by atoms with E-state index in [0.717, 1.165) is 48.1 Å². The van der Waals surface area contributed by atoms with Gasteiger partial charge in [0.25, 0.3) is 53.2 Å². The summed E-state index contributed by atoms with van der Waals surface area (Å²) in [6.07, 6.45) is 2.89. The third-order valence-electron chi connectivity index (χ3n) is 21.9. The van der Waals surface area contributed by atoms with E-state index in [-0.39, 0.29) is 128 Å². The Morgan fingerprint density at radius 1 is 0.314 bits per heavy atom. The van der Waals surface area contributed by atoms with Crippen LogP contribution in [0, 0.1) is 34.6 Å². The molecule has 6 fully saturated rings. The Balaban J connectivity index is 0.000000123. The van der Waals surface area contributed by atoms with E-state index in [0.29, 0.717) is 94.8 Å². The summed E-state index contributed by atoms with van der Waals surface area (Å²) in [5.74, 6) is -7.67. The van der Waals surface area contributed by atoms with Crippen LogP contribution in [0.15, 0.2) is 103 Å². The third-order valence-corrected chi connectivity index (χ3v) is 21.9. The van der Waals surface area contributed by atoms with Crippen LogP contribution in [0.25, 0.3) is 0 Å². The molecule has 0 spiro atoms. The molecule has 6 unspecified atom stereocenters. The van der Waals surface area contributed by atoms with Gasteiger partial charge in [0.05, 0.1) is 34.9 Å². The number of aromatic nitrogens is 1. The molecule has 21 amide bonds. The summed E-state index contributed by atoms with van der Waals surface area (Å²) in [5.41, 5.74) is 10.6. The fourth-order valence-corrected chi connectivity index (χ4v) is 15.8.